The molecule has 4 heteroatoms. The van der Waals surface area contributed by atoms with Crippen LogP contribution in [0.15, 0.2) is 24.3 Å². The van der Waals surface area contributed by atoms with Crippen molar-refractivity contribution in [2.45, 2.75) is 20.8 Å². The van der Waals surface area contributed by atoms with Gasteiger partial charge in [-0.1, -0.05) is 0 Å². The molecular formula is C15H19N3O. The summed E-state index contributed by atoms with van der Waals surface area (Å²) in [4.78, 5) is 9.07. The van der Waals surface area contributed by atoms with Gasteiger partial charge in [0.15, 0.2) is 5.82 Å². The molecule has 100 valence electrons. The average Bonchev–Trinajstić information content (AvgIpc) is 2.43. The van der Waals surface area contributed by atoms with Crippen LogP contribution in [0.3, 0.4) is 0 Å². The fourth-order valence-corrected chi connectivity index (χ4v) is 1.87. The van der Waals surface area contributed by atoms with Crippen LogP contribution < -0.4 is 10.1 Å². The van der Waals surface area contributed by atoms with Crippen molar-refractivity contribution in [1.29, 1.82) is 0 Å². The number of nitrogens with zero attached hydrogens (tertiary/aromatic N) is 2. The van der Waals surface area contributed by atoms with Crippen LogP contribution >= 0.6 is 0 Å². The molecule has 0 saturated heterocycles. The summed E-state index contributed by atoms with van der Waals surface area (Å²) in [6.07, 6.45) is 0. The monoisotopic (exact) mass is 257 g/mol. The first kappa shape index (κ1) is 13.3. The maximum Gasteiger partial charge on any atom is 0.161 e. The molecule has 0 radical (unpaired) electrons. The average molecular weight is 257 g/mol. The highest BCUT2D eigenvalue weighted by Gasteiger charge is 2.08. The lowest BCUT2D eigenvalue weighted by Crippen LogP contribution is -2.02. The van der Waals surface area contributed by atoms with Crippen molar-refractivity contribution in [3.05, 3.63) is 35.5 Å². The molecule has 0 aliphatic carbocycles. The van der Waals surface area contributed by atoms with E-state index in [0.29, 0.717) is 6.61 Å². The topological polar surface area (TPSA) is 47.0 Å². The van der Waals surface area contributed by atoms with Gasteiger partial charge in [-0.25, -0.2) is 9.97 Å². The Morgan fingerprint density at radius 2 is 1.79 bits per heavy atom. The van der Waals surface area contributed by atoms with Crippen molar-refractivity contribution in [2.24, 2.45) is 0 Å². The standard InChI is InChI=1S/C15H19N3O/c1-5-19-13-8-6-12(7-9-13)15-17-11(3)10(2)14(16-4)18-15/h6-9H,5H2,1-4H3,(H,16,17,18). The molecule has 1 aromatic heterocycles. The van der Waals surface area contributed by atoms with Gasteiger partial charge in [-0.3, -0.25) is 0 Å². The molecule has 2 aromatic rings. The lowest BCUT2D eigenvalue weighted by molar-refractivity contribution is 0.340. The fourth-order valence-electron chi connectivity index (χ4n) is 1.87. The predicted octanol–water partition coefficient (Wildman–Crippen LogP) is 3.20. The van der Waals surface area contributed by atoms with E-state index in [1.807, 2.05) is 52.1 Å². The summed E-state index contributed by atoms with van der Waals surface area (Å²) in [5, 5.41) is 3.10. The summed E-state index contributed by atoms with van der Waals surface area (Å²) in [6, 6.07) is 7.84. The molecule has 0 aliphatic rings. The number of ether oxygens (including phenoxy) is 1. The summed E-state index contributed by atoms with van der Waals surface area (Å²) in [5.74, 6) is 2.47. The third kappa shape index (κ3) is 2.84. The zero-order chi connectivity index (χ0) is 13.8. The van der Waals surface area contributed by atoms with Gasteiger partial charge in [0.2, 0.25) is 0 Å². The minimum absolute atomic E-state index is 0.670. The van der Waals surface area contributed by atoms with Crippen LogP contribution in [0.4, 0.5) is 5.82 Å². The van der Waals surface area contributed by atoms with Gasteiger partial charge in [0.05, 0.1) is 6.61 Å². The molecule has 0 fully saturated rings. The van der Waals surface area contributed by atoms with E-state index in [9.17, 15) is 0 Å². The fraction of sp³-hybridized carbons (Fsp3) is 0.333. The van der Waals surface area contributed by atoms with Gasteiger partial charge >= 0.3 is 0 Å². The summed E-state index contributed by atoms with van der Waals surface area (Å²) in [5.41, 5.74) is 3.06. The molecule has 0 amide bonds. The molecule has 0 bridgehead atoms. The van der Waals surface area contributed by atoms with Crippen LogP contribution in [-0.4, -0.2) is 23.6 Å². The van der Waals surface area contributed by atoms with E-state index in [0.717, 1.165) is 34.2 Å². The number of hydrogen-bond donors (Lipinski definition) is 1. The second kappa shape index (κ2) is 5.69. The number of nitrogens with one attached hydrogen (secondary N) is 1. The normalized spacial score (nSPS) is 10.3. The quantitative estimate of drug-likeness (QED) is 0.913. The summed E-state index contributed by atoms with van der Waals surface area (Å²) < 4.78 is 5.43. The maximum absolute atomic E-state index is 5.43. The molecule has 2 rings (SSSR count). The number of benzene rings is 1. The van der Waals surface area contributed by atoms with E-state index in [1.165, 1.54) is 0 Å². The van der Waals surface area contributed by atoms with Crippen molar-refractivity contribution in [2.75, 3.05) is 19.0 Å². The van der Waals surface area contributed by atoms with E-state index in [-0.39, 0.29) is 0 Å². The van der Waals surface area contributed by atoms with Gasteiger partial charge in [0.25, 0.3) is 0 Å². The highest BCUT2D eigenvalue weighted by Crippen LogP contribution is 2.23. The number of rotatable bonds is 4. The van der Waals surface area contributed by atoms with Gasteiger partial charge in [-0.15, -0.1) is 0 Å². The lowest BCUT2D eigenvalue weighted by Gasteiger charge is -2.10. The first-order valence-electron chi connectivity index (χ1n) is 6.42. The van der Waals surface area contributed by atoms with Gasteiger partial charge in [-0.05, 0) is 45.0 Å². The van der Waals surface area contributed by atoms with Crippen LogP contribution in [0, 0.1) is 13.8 Å². The van der Waals surface area contributed by atoms with Gasteiger partial charge < -0.3 is 10.1 Å². The molecule has 1 heterocycles. The van der Waals surface area contributed by atoms with Gasteiger partial charge in [0.1, 0.15) is 11.6 Å². The predicted molar refractivity (Wildman–Crippen MR) is 77.7 cm³/mol. The molecule has 0 saturated carbocycles. The zero-order valence-electron chi connectivity index (χ0n) is 11.8. The van der Waals surface area contributed by atoms with Crippen molar-refractivity contribution in [3.8, 4) is 17.1 Å². The molecule has 0 atom stereocenters. The SMILES string of the molecule is CCOc1ccc(-c2nc(C)c(C)c(NC)n2)cc1. The Morgan fingerprint density at radius 1 is 1.11 bits per heavy atom. The zero-order valence-corrected chi connectivity index (χ0v) is 11.8. The lowest BCUT2D eigenvalue weighted by atomic mass is 10.2. The number of aromatic nitrogens is 2. The minimum atomic E-state index is 0.670. The Balaban J connectivity index is 2.38. The third-order valence-electron chi connectivity index (χ3n) is 3.05. The first-order chi connectivity index (χ1) is 9.15. The van der Waals surface area contributed by atoms with Gasteiger partial charge in [-0.2, -0.15) is 0 Å². The van der Waals surface area contributed by atoms with E-state index >= 15 is 0 Å². The van der Waals surface area contributed by atoms with E-state index in [2.05, 4.69) is 15.3 Å². The van der Waals surface area contributed by atoms with Crippen molar-refractivity contribution in [3.63, 3.8) is 0 Å². The second-order valence-corrected chi connectivity index (χ2v) is 4.31. The summed E-state index contributed by atoms with van der Waals surface area (Å²) >= 11 is 0. The van der Waals surface area contributed by atoms with Crippen LogP contribution in [0.1, 0.15) is 18.2 Å². The Morgan fingerprint density at radius 3 is 2.37 bits per heavy atom. The molecule has 0 aliphatic heterocycles. The maximum atomic E-state index is 5.43. The van der Waals surface area contributed by atoms with Crippen LogP contribution in [-0.2, 0) is 0 Å². The minimum Gasteiger partial charge on any atom is -0.494 e. The number of aryl methyl sites for hydroxylation is 1. The van der Waals surface area contributed by atoms with Crippen LogP contribution in [0.2, 0.25) is 0 Å². The Kier molecular flexibility index (Phi) is 4.00. The van der Waals surface area contributed by atoms with Gasteiger partial charge in [0, 0.05) is 23.9 Å². The van der Waals surface area contributed by atoms with E-state index < -0.39 is 0 Å². The number of hydrogen-bond acceptors (Lipinski definition) is 4. The molecule has 1 N–H and O–H groups in total. The molecule has 4 nitrogen and oxygen atoms in total. The molecule has 1 aromatic carbocycles. The van der Waals surface area contributed by atoms with Crippen molar-refractivity contribution >= 4 is 5.82 Å². The van der Waals surface area contributed by atoms with Crippen molar-refractivity contribution in [1.82, 2.24) is 9.97 Å². The summed E-state index contributed by atoms with van der Waals surface area (Å²) in [7, 11) is 1.87. The molecular weight excluding hydrogens is 238 g/mol. The largest absolute Gasteiger partial charge is 0.494 e. The number of anilines is 1. The van der Waals surface area contributed by atoms with E-state index in [1.54, 1.807) is 0 Å². The second-order valence-electron chi connectivity index (χ2n) is 4.31. The first-order valence-corrected chi connectivity index (χ1v) is 6.42. The smallest absolute Gasteiger partial charge is 0.161 e. The summed E-state index contributed by atoms with van der Waals surface area (Å²) in [6.45, 7) is 6.65. The third-order valence-corrected chi connectivity index (χ3v) is 3.05. The molecule has 0 unspecified atom stereocenters. The van der Waals surface area contributed by atoms with Crippen molar-refractivity contribution < 1.29 is 4.74 Å². The Hall–Kier alpha value is -2.10. The van der Waals surface area contributed by atoms with E-state index in [4.69, 9.17) is 4.74 Å². The highest BCUT2D eigenvalue weighted by molar-refractivity contribution is 5.60. The van der Waals surface area contributed by atoms with Crippen LogP contribution in [0.25, 0.3) is 11.4 Å². The van der Waals surface area contributed by atoms with Crippen LogP contribution in [0.5, 0.6) is 5.75 Å². The Bertz CT molecular complexity index is 564. The Labute approximate surface area is 113 Å². The highest BCUT2D eigenvalue weighted by atomic mass is 16.5. The molecule has 0 spiro atoms. The molecule has 19 heavy (non-hydrogen) atoms.